The molecule has 1 aromatic heterocycles. The summed E-state index contributed by atoms with van der Waals surface area (Å²) in [4.78, 5) is 4.57. The molecule has 82 heavy (non-hydrogen) atoms. The minimum atomic E-state index is -6.13. The van der Waals surface area contributed by atoms with E-state index >= 15 is 0 Å². The molecule has 1 fully saturated rings. The normalized spacial score (nSPS) is 14.6. The second-order valence-corrected chi connectivity index (χ2v) is 19.3. The molecule has 0 bridgehead atoms. The van der Waals surface area contributed by atoms with Gasteiger partial charge >= 0.3 is 49.4 Å². The van der Waals surface area contributed by atoms with Gasteiger partial charge in [0.2, 0.25) is 0 Å². The lowest BCUT2D eigenvalue weighted by molar-refractivity contribution is -0.688. The van der Waals surface area contributed by atoms with Crippen molar-refractivity contribution in [3.05, 3.63) is 202 Å². The van der Waals surface area contributed by atoms with Crippen LogP contribution in [0.15, 0.2) is 146 Å². The molecule has 0 N–H and O–H groups in total. The van der Waals surface area contributed by atoms with Crippen LogP contribution >= 0.6 is 0 Å². The van der Waals surface area contributed by atoms with Gasteiger partial charge < -0.3 is 0 Å². The van der Waals surface area contributed by atoms with Gasteiger partial charge in [0.15, 0.2) is 18.9 Å². The summed E-state index contributed by atoms with van der Waals surface area (Å²) in [6.07, 6.45) is -41.9. The Hall–Kier alpha value is -7.22. The van der Waals surface area contributed by atoms with Crippen LogP contribution in [0.4, 0.5) is 105 Å². The van der Waals surface area contributed by atoms with E-state index in [9.17, 15) is 105 Å². The highest BCUT2D eigenvalue weighted by Gasteiger charge is 2.47. The first-order valence-corrected chi connectivity index (χ1v) is 24.0. The highest BCUT2D eigenvalue weighted by Crippen LogP contribution is 2.42. The summed E-state index contributed by atoms with van der Waals surface area (Å²) in [6, 6.07) is 10.8. The molecule has 0 radical (unpaired) electrons. The summed E-state index contributed by atoms with van der Waals surface area (Å²) in [5.74, 6) is 0.759. The fourth-order valence-electron chi connectivity index (χ4n) is 9.91. The van der Waals surface area contributed by atoms with Crippen LogP contribution in [-0.2, 0) is 56.0 Å². The van der Waals surface area contributed by atoms with Crippen molar-refractivity contribution in [2.24, 2.45) is 0 Å². The van der Waals surface area contributed by atoms with Crippen molar-refractivity contribution in [3.8, 4) is 11.3 Å². The highest BCUT2D eigenvalue weighted by atomic mass is 19.4. The summed E-state index contributed by atoms with van der Waals surface area (Å²) in [6.45, 7) is 0.872. The van der Waals surface area contributed by atoms with Crippen molar-refractivity contribution in [1.82, 2.24) is 4.98 Å². The lowest BCUT2D eigenvalue weighted by Gasteiger charge is -2.46. The number of alkyl halides is 24. The van der Waals surface area contributed by atoms with E-state index in [-0.39, 0.29) is 0 Å². The molecule has 8 rings (SSSR count). The minimum absolute atomic E-state index is 0.691. The molecule has 27 heteroatoms. The van der Waals surface area contributed by atoms with E-state index in [1.807, 2.05) is 12.4 Å². The average Bonchev–Trinajstić information content (AvgIpc) is 3.52. The first-order chi connectivity index (χ1) is 37.6. The van der Waals surface area contributed by atoms with Gasteiger partial charge in [-0.1, -0.05) is 122 Å². The maximum Gasteiger partial charge on any atom is 0.416 e. The largest absolute Gasteiger partial charge is 0.416 e. The van der Waals surface area contributed by atoms with Crippen molar-refractivity contribution in [1.29, 1.82) is 0 Å². The molecule has 1 heterocycles. The van der Waals surface area contributed by atoms with Crippen molar-refractivity contribution < 1.29 is 110 Å². The van der Waals surface area contributed by atoms with Crippen LogP contribution in [0.25, 0.3) is 11.3 Å². The second-order valence-electron chi connectivity index (χ2n) is 19.3. The molecule has 1 saturated carbocycles. The van der Waals surface area contributed by atoms with E-state index < -0.39 is 195 Å². The third-order valence-corrected chi connectivity index (χ3v) is 13.7. The molecule has 0 amide bonds. The van der Waals surface area contributed by atoms with Gasteiger partial charge in [-0.25, -0.2) is 4.98 Å². The van der Waals surface area contributed by atoms with Gasteiger partial charge in [0, 0.05) is 11.1 Å². The van der Waals surface area contributed by atoms with Gasteiger partial charge in [-0.05, 0) is 48.6 Å². The van der Waals surface area contributed by atoms with Crippen LogP contribution in [0.3, 0.4) is 0 Å². The maximum atomic E-state index is 14.2. The Labute approximate surface area is 449 Å². The van der Waals surface area contributed by atoms with Crippen LogP contribution in [0.1, 0.15) is 93.7 Å². The molecule has 0 unspecified atom stereocenters. The van der Waals surface area contributed by atoms with Crippen molar-refractivity contribution in [3.63, 3.8) is 0 Å². The van der Waals surface area contributed by atoms with Gasteiger partial charge in [-0.2, -0.15) is 132 Å². The summed E-state index contributed by atoms with van der Waals surface area (Å²) in [5, 5.41) is 0. The fraction of sp³-hybridized carbons (Fsp3) is 0.273. The Balaban J connectivity index is 0.000000318. The molecule has 6 aromatic carbocycles. The zero-order valence-electron chi connectivity index (χ0n) is 41.2. The molecule has 1 aliphatic carbocycles. The predicted octanol–water partition coefficient (Wildman–Crippen LogP) is 16.3. The number of hydrogen-bond donors (Lipinski definition) is 0. The van der Waals surface area contributed by atoms with Crippen LogP contribution < -0.4 is 26.4 Å². The standard InChI is InChI=1S/C32H12BF24.C23H25N2/c34-25(35,36)13-1-14(26(37,38)39)6-21(5-13)33(22-7-15(27(40,41)42)2-16(8-22)28(43,44)45,23-9-17(29(46,47)48)3-18(10-23)30(49,50)51)24-11-19(31(52,53)54)4-20(12-24)32(55,56)57;1-3-7-19(8-4-1)17-25-16-15-24-23(18-25)22-13-11-21(12-14-22)20-9-5-2-6-10-20/h1-12H;1,3-4,7-8,11-16,18,20H,2,5-6,9-10,17H2/q-1;+1. The lowest BCUT2D eigenvalue weighted by atomic mass is 9.12. The molecule has 0 saturated heterocycles. The topological polar surface area (TPSA) is 16.8 Å². The number of halogens is 24. The van der Waals surface area contributed by atoms with Crippen LogP contribution in [-0.4, -0.2) is 11.1 Å². The third kappa shape index (κ3) is 14.5. The molecular weight excluding hydrogens is 1160 g/mol. The number of benzene rings is 6. The summed E-state index contributed by atoms with van der Waals surface area (Å²) >= 11 is 0. The Bertz CT molecular complexity index is 2920. The zero-order valence-corrected chi connectivity index (χ0v) is 41.2. The average molecular weight is 1190 g/mol. The first kappa shape index (κ1) is 62.4. The molecule has 0 atom stereocenters. The number of hydrogen-bond acceptors (Lipinski definition) is 1. The van der Waals surface area contributed by atoms with Gasteiger partial charge in [0.25, 0.3) is 0 Å². The number of nitrogens with zero attached hydrogens (tertiary/aromatic N) is 2. The minimum Gasteiger partial charge on any atom is -0.244 e. The summed E-state index contributed by atoms with van der Waals surface area (Å²) < 4.78 is 343. The molecule has 0 spiro atoms. The van der Waals surface area contributed by atoms with Crippen molar-refractivity contribution in [2.75, 3.05) is 0 Å². The quantitative estimate of drug-likeness (QED) is 0.0842. The first-order valence-electron chi connectivity index (χ1n) is 24.0. The Kier molecular flexibility index (Phi) is 17.1. The Morgan fingerprint density at radius 1 is 0.378 bits per heavy atom. The Morgan fingerprint density at radius 2 is 0.683 bits per heavy atom. The summed E-state index contributed by atoms with van der Waals surface area (Å²) in [7, 11) is 0. The second kappa shape index (κ2) is 22.5. The molecule has 438 valence electrons. The van der Waals surface area contributed by atoms with Gasteiger partial charge in [-0.15, -0.1) is 0 Å². The smallest absolute Gasteiger partial charge is 0.244 e. The van der Waals surface area contributed by atoms with E-state index in [0.29, 0.717) is 0 Å². The number of aromatic nitrogens is 2. The van der Waals surface area contributed by atoms with Gasteiger partial charge in [0.05, 0.1) is 50.7 Å². The Morgan fingerprint density at radius 3 is 0.976 bits per heavy atom. The van der Waals surface area contributed by atoms with Gasteiger partial charge in [-0.3, -0.25) is 0 Å². The van der Waals surface area contributed by atoms with Gasteiger partial charge in [0.1, 0.15) is 11.8 Å². The summed E-state index contributed by atoms with van der Waals surface area (Å²) in [5.41, 5.74) is -25.2. The third-order valence-electron chi connectivity index (χ3n) is 13.7. The van der Waals surface area contributed by atoms with Crippen molar-refractivity contribution in [2.45, 2.75) is 94.0 Å². The van der Waals surface area contributed by atoms with E-state index in [0.717, 1.165) is 18.2 Å². The maximum absolute atomic E-state index is 14.2. The van der Waals surface area contributed by atoms with Crippen molar-refractivity contribution >= 4 is 28.0 Å². The molecule has 1 aliphatic rings. The van der Waals surface area contributed by atoms with E-state index in [2.05, 4.69) is 70.3 Å². The monoisotopic (exact) mass is 1190 g/mol. The lowest BCUT2D eigenvalue weighted by Crippen LogP contribution is -2.75. The predicted molar refractivity (Wildman–Crippen MR) is 251 cm³/mol. The van der Waals surface area contributed by atoms with Crippen LogP contribution in [0, 0.1) is 0 Å². The van der Waals surface area contributed by atoms with E-state index in [1.54, 1.807) is 0 Å². The molecule has 7 aromatic rings. The highest BCUT2D eigenvalue weighted by molar-refractivity contribution is 7.20. The van der Waals surface area contributed by atoms with Crippen LogP contribution in [0.5, 0.6) is 0 Å². The molecular formula is C55H37BF24N2. The fourth-order valence-corrected chi connectivity index (χ4v) is 9.91. The molecule has 0 aliphatic heterocycles. The van der Waals surface area contributed by atoms with E-state index in [4.69, 9.17) is 0 Å². The SMILES string of the molecule is FC(F)(F)c1cc([B-](c2cc(C(F)(F)F)cc(C(F)(F)F)c2)(c2cc(C(F)(F)F)cc(C(F)(F)F)c2)c2cc(C(F)(F)F)cc(C(F)(F)F)c2)cc(C(F)(F)F)c1.c1ccc(C[n+]2ccnc(-c3ccc(C4CCCCC4)cc3)c2)cc1. The molecule has 2 nitrogen and oxygen atoms in total. The number of rotatable bonds is 8. The van der Waals surface area contributed by atoms with E-state index in [1.165, 1.54) is 48.8 Å². The van der Waals surface area contributed by atoms with Crippen LogP contribution in [0.2, 0.25) is 0 Å². The zero-order chi connectivity index (χ0) is 60.8.